The summed E-state index contributed by atoms with van der Waals surface area (Å²) in [5.74, 6) is 0. The number of hydrogen-bond donors (Lipinski definition) is 1. The Balaban J connectivity index is 0.000000224. The first-order valence-electron chi connectivity index (χ1n) is 11.4. The summed E-state index contributed by atoms with van der Waals surface area (Å²) >= 11 is 15.3. The van der Waals surface area contributed by atoms with E-state index in [1.54, 1.807) is 6.07 Å². The molecule has 0 saturated heterocycles. The Kier molecular flexibility index (Phi) is 8.84. The zero-order chi connectivity index (χ0) is 29.1. The van der Waals surface area contributed by atoms with Gasteiger partial charge < -0.3 is 9.73 Å². The minimum absolute atomic E-state index is 0.0803. The molecule has 0 fully saturated rings. The molecule has 1 aromatic heterocycles. The standard InChI is InChI=1S/C18H13ClF3N3O.C8H3ClF3NS/c19-13-5-4-11(9-12(13)18(20,21)22)24-17-25-15-8-10(3-6-16(15)26-17)14-2-1-7-23-14;9-7-2-1-5(13-4-14)3-6(7)8(10,11)12/h3-6,8-9H,1-2,7H2,(H,24,25);1-3H. The summed E-state index contributed by atoms with van der Waals surface area (Å²) in [5, 5.41) is 4.02. The number of isothiocyanates is 1. The second kappa shape index (κ2) is 12.0. The summed E-state index contributed by atoms with van der Waals surface area (Å²) in [4.78, 5) is 12.2. The Morgan fingerprint density at radius 3 is 2.20 bits per heavy atom. The maximum absolute atomic E-state index is 13.0. The van der Waals surface area contributed by atoms with Crippen LogP contribution in [0.5, 0.6) is 0 Å². The van der Waals surface area contributed by atoms with Gasteiger partial charge in [-0.05, 0) is 85.2 Å². The van der Waals surface area contributed by atoms with Crippen molar-refractivity contribution in [3.8, 4) is 0 Å². The first-order chi connectivity index (χ1) is 18.8. The number of rotatable bonds is 4. The number of halogens is 8. The average molecular weight is 617 g/mol. The Bertz CT molecular complexity index is 1630. The highest BCUT2D eigenvalue weighted by Crippen LogP contribution is 2.38. The first kappa shape index (κ1) is 29.5. The topological polar surface area (TPSA) is 62.8 Å². The molecule has 0 atom stereocenters. The number of benzene rings is 3. The van der Waals surface area contributed by atoms with E-state index in [-0.39, 0.29) is 27.4 Å². The number of aliphatic imine (C=N–C) groups is 2. The third-order valence-electron chi connectivity index (χ3n) is 5.55. The minimum Gasteiger partial charge on any atom is -0.423 e. The van der Waals surface area contributed by atoms with Gasteiger partial charge in [0.15, 0.2) is 5.58 Å². The van der Waals surface area contributed by atoms with E-state index in [2.05, 4.69) is 32.5 Å². The molecule has 2 heterocycles. The Hall–Kier alpha value is -3.44. The molecule has 1 N–H and O–H groups in total. The van der Waals surface area contributed by atoms with Crippen LogP contribution in [-0.2, 0) is 12.4 Å². The van der Waals surface area contributed by atoms with Gasteiger partial charge in [-0.3, -0.25) is 4.99 Å². The van der Waals surface area contributed by atoms with E-state index in [1.165, 1.54) is 18.2 Å². The van der Waals surface area contributed by atoms with Crippen molar-refractivity contribution in [2.24, 2.45) is 9.98 Å². The van der Waals surface area contributed by atoms with Crippen LogP contribution in [-0.4, -0.2) is 22.4 Å². The lowest BCUT2D eigenvalue weighted by Gasteiger charge is -2.10. The van der Waals surface area contributed by atoms with Gasteiger partial charge in [-0.2, -0.15) is 36.3 Å². The van der Waals surface area contributed by atoms with Crippen LogP contribution in [0.1, 0.15) is 29.5 Å². The van der Waals surface area contributed by atoms with Crippen LogP contribution >= 0.6 is 35.4 Å². The van der Waals surface area contributed by atoms with E-state index in [0.717, 1.165) is 48.9 Å². The second-order valence-electron chi connectivity index (χ2n) is 8.32. The molecule has 1 aliphatic heterocycles. The fourth-order valence-corrected chi connectivity index (χ4v) is 4.29. The highest BCUT2D eigenvalue weighted by Gasteiger charge is 2.34. The third kappa shape index (κ3) is 7.19. The molecular weight excluding hydrogens is 601 g/mol. The van der Waals surface area contributed by atoms with E-state index in [9.17, 15) is 26.3 Å². The predicted molar refractivity (Wildman–Crippen MR) is 146 cm³/mol. The van der Waals surface area contributed by atoms with Crippen molar-refractivity contribution in [1.82, 2.24) is 4.98 Å². The minimum atomic E-state index is -4.53. The summed E-state index contributed by atoms with van der Waals surface area (Å²) in [6.07, 6.45) is -7.05. The number of hydrogen-bond acceptors (Lipinski definition) is 6. The van der Waals surface area contributed by atoms with E-state index in [1.807, 2.05) is 17.3 Å². The number of oxazole rings is 1. The number of nitrogens with one attached hydrogen (secondary N) is 1. The van der Waals surface area contributed by atoms with Gasteiger partial charge in [0.2, 0.25) is 0 Å². The van der Waals surface area contributed by atoms with Crippen molar-refractivity contribution in [2.45, 2.75) is 25.2 Å². The van der Waals surface area contributed by atoms with Crippen LogP contribution in [0.15, 0.2) is 69.0 Å². The van der Waals surface area contributed by atoms with Crippen molar-refractivity contribution in [3.63, 3.8) is 0 Å². The van der Waals surface area contributed by atoms with Crippen molar-refractivity contribution < 1.29 is 30.8 Å². The van der Waals surface area contributed by atoms with E-state index >= 15 is 0 Å². The molecule has 0 spiro atoms. The van der Waals surface area contributed by atoms with Gasteiger partial charge in [-0.25, -0.2) is 0 Å². The normalized spacial score (nSPS) is 13.3. The maximum Gasteiger partial charge on any atom is 0.417 e. The Labute approximate surface area is 238 Å². The largest absolute Gasteiger partial charge is 0.423 e. The summed E-state index contributed by atoms with van der Waals surface area (Å²) in [7, 11) is 0. The molecule has 0 aliphatic carbocycles. The average Bonchev–Trinajstić information content (AvgIpc) is 3.55. The molecule has 40 heavy (non-hydrogen) atoms. The van der Waals surface area contributed by atoms with E-state index < -0.39 is 23.5 Å². The van der Waals surface area contributed by atoms with Crippen molar-refractivity contribution in [2.75, 3.05) is 11.9 Å². The molecule has 0 radical (unpaired) electrons. The lowest BCUT2D eigenvalue weighted by Crippen LogP contribution is -2.06. The fraction of sp³-hybridized carbons (Fsp3) is 0.192. The van der Waals surface area contributed by atoms with Gasteiger partial charge >= 0.3 is 12.4 Å². The third-order valence-corrected chi connectivity index (χ3v) is 6.30. The van der Waals surface area contributed by atoms with Crippen LogP contribution < -0.4 is 5.32 Å². The maximum atomic E-state index is 13.0. The Morgan fingerprint density at radius 2 is 1.57 bits per heavy atom. The highest BCUT2D eigenvalue weighted by atomic mass is 35.5. The molecule has 0 unspecified atom stereocenters. The summed E-state index contributed by atoms with van der Waals surface area (Å²) in [5.41, 5.74) is 1.61. The number of anilines is 2. The van der Waals surface area contributed by atoms with Crippen molar-refractivity contribution in [3.05, 3.63) is 81.3 Å². The number of fused-ring (bicyclic) bond motifs is 1. The summed E-state index contributed by atoms with van der Waals surface area (Å²) < 4.78 is 81.4. The van der Waals surface area contributed by atoms with Gasteiger partial charge in [0.25, 0.3) is 6.01 Å². The van der Waals surface area contributed by atoms with E-state index in [4.69, 9.17) is 27.6 Å². The molecular formula is C26H16Cl2F6N4OS. The molecule has 0 bridgehead atoms. The summed E-state index contributed by atoms with van der Waals surface area (Å²) in [6.45, 7) is 0.830. The molecule has 5 rings (SSSR count). The van der Waals surface area contributed by atoms with E-state index in [0.29, 0.717) is 11.1 Å². The quantitative estimate of drug-likeness (QED) is 0.141. The van der Waals surface area contributed by atoms with Gasteiger partial charge in [-0.15, -0.1) is 0 Å². The van der Waals surface area contributed by atoms with Gasteiger partial charge in [0.05, 0.1) is 32.0 Å². The van der Waals surface area contributed by atoms with Crippen LogP contribution in [0.2, 0.25) is 10.0 Å². The lowest BCUT2D eigenvalue weighted by molar-refractivity contribution is -0.138. The first-order valence-corrected chi connectivity index (χ1v) is 12.5. The van der Waals surface area contributed by atoms with Crippen molar-refractivity contribution >= 4 is 74.8 Å². The Morgan fingerprint density at radius 1 is 0.900 bits per heavy atom. The van der Waals surface area contributed by atoms with Crippen LogP contribution in [0.4, 0.5) is 43.7 Å². The van der Waals surface area contributed by atoms with Gasteiger partial charge in [-0.1, -0.05) is 23.2 Å². The zero-order valence-corrected chi connectivity index (χ0v) is 22.3. The number of thiocarbonyl (C=S) groups is 1. The highest BCUT2D eigenvalue weighted by molar-refractivity contribution is 7.78. The second-order valence-corrected chi connectivity index (χ2v) is 9.31. The van der Waals surface area contributed by atoms with Crippen LogP contribution in [0.3, 0.4) is 0 Å². The molecule has 14 heteroatoms. The molecule has 5 nitrogen and oxygen atoms in total. The molecule has 1 aliphatic rings. The molecule has 208 valence electrons. The molecule has 0 amide bonds. The molecule has 4 aromatic rings. The smallest absolute Gasteiger partial charge is 0.417 e. The number of alkyl halides is 6. The van der Waals surface area contributed by atoms with Crippen LogP contribution in [0, 0.1) is 0 Å². The van der Waals surface area contributed by atoms with Gasteiger partial charge in [0, 0.05) is 17.9 Å². The SMILES string of the molecule is FC(F)(F)c1cc(N=C=S)ccc1Cl.FC(F)(F)c1cc(Nc2nc3cc(C4=NCCC4)ccc3o2)ccc1Cl. The number of nitrogens with zero attached hydrogens (tertiary/aromatic N) is 3. The molecule has 3 aromatic carbocycles. The summed E-state index contributed by atoms with van der Waals surface area (Å²) in [6, 6.07) is 12.5. The monoisotopic (exact) mass is 616 g/mol. The van der Waals surface area contributed by atoms with Gasteiger partial charge in [0.1, 0.15) is 5.52 Å². The zero-order valence-electron chi connectivity index (χ0n) is 20.0. The van der Waals surface area contributed by atoms with Crippen LogP contribution in [0.25, 0.3) is 11.1 Å². The molecule has 0 saturated carbocycles. The number of aromatic nitrogens is 1. The van der Waals surface area contributed by atoms with Crippen molar-refractivity contribution in [1.29, 1.82) is 0 Å². The fourth-order valence-electron chi connectivity index (χ4n) is 3.73. The lowest BCUT2D eigenvalue weighted by atomic mass is 10.1. The predicted octanol–water partition coefficient (Wildman–Crippen LogP) is 9.92.